The molecule has 0 saturated carbocycles. The van der Waals surface area contributed by atoms with E-state index in [-0.39, 0.29) is 18.3 Å². The predicted octanol–water partition coefficient (Wildman–Crippen LogP) is 2.23. The fraction of sp³-hybridized carbons (Fsp3) is 0.562. The van der Waals surface area contributed by atoms with Crippen LogP contribution in [0.2, 0.25) is 0 Å². The van der Waals surface area contributed by atoms with Crippen molar-refractivity contribution in [3.8, 4) is 11.5 Å². The number of nitrogens with one attached hydrogen (secondary N) is 2. The van der Waals surface area contributed by atoms with E-state index in [1.165, 1.54) is 0 Å². The van der Waals surface area contributed by atoms with Crippen molar-refractivity contribution in [2.45, 2.75) is 30.2 Å². The molecule has 0 bridgehead atoms. The lowest BCUT2D eigenvalue weighted by atomic mass is 10.2. The summed E-state index contributed by atoms with van der Waals surface area (Å²) in [5, 5.41) is 6.31. The smallest absolute Gasteiger partial charge is 0.221 e. The maximum absolute atomic E-state index is 11.9. The van der Waals surface area contributed by atoms with E-state index in [1.807, 2.05) is 18.2 Å². The molecule has 3 rings (SSSR count). The zero-order valence-electron chi connectivity index (χ0n) is 13.0. The van der Waals surface area contributed by atoms with Crippen molar-refractivity contribution in [2.24, 2.45) is 0 Å². The summed E-state index contributed by atoms with van der Waals surface area (Å²) in [5.41, 5.74) is 0. The van der Waals surface area contributed by atoms with Crippen LogP contribution in [0.4, 0.5) is 0 Å². The number of ether oxygens (including phenoxy) is 2. The van der Waals surface area contributed by atoms with Gasteiger partial charge in [-0.3, -0.25) is 4.79 Å². The second kappa shape index (κ2) is 9.25. The molecule has 1 aromatic rings. The van der Waals surface area contributed by atoms with E-state index in [9.17, 15) is 4.79 Å². The van der Waals surface area contributed by atoms with E-state index >= 15 is 0 Å². The summed E-state index contributed by atoms with van der Waals surface area (Å²) in [6.07, 6.45) is 2.48. The Labute approximate surface area is 147 Å². The summed E-state index contributed by atoms with van der Waals surface area (Å²) in [6.45, 7) is 3.28. The van der Waals surface area contributed by atoms with Crippen LogP contribution in [0.25, 0.3) is 0 Å². The molecule has 5 nitrogen and oxygen atoms in total. The van der Waals surface area contributed by atoms with Gasteiger partial charge in [0.15, 0.2) is 11.5 Å². The number of fused-ring (bicyclic) bond motifs is 1. The van der Waals surface area contributed by atoms with Crippen molar-refractivity contribution in [1.82, 2.24) is 10.6 Å². The van der Waals surface area contributed by atoms with Gasteiger partial charge in [0.25, 0.3) is 0 Å². The average Bonchev–Trinajstić information content (AvgIpc) is 2.90. The molecule has 2 heterocycles. The van der Waals surface area contributed by atoms with Crippen LogP contribution in [0.3, 0.4) is 0 Å². The summed E-state index contributed by atoms with van der Waals surface area (Å²) in [7, 11) is 0. The Morgan fingerprint density at radius 1 is 1.30 bits per heavy atom. The van der Waals surface area contributed by atoms with Crippen LogP contribution >= 0.6 is 24.2 Å². The van der Waals surface area contributed by atoms with Gasteiger partial charge in [0.1, 0.15) is 0 Å². The molecule has 23 heavy (non-hydrogen) atoms. The summed E-state index contributed by atoms with van der Waals surface area (Å²) in [6, 6.07) is 6.28. The number of benzene rings is 1. The molecule has 2 N–H and O–H groups in total. The van der Waals surface area contributed by atoms with Crippen LogP contribution in [0.15, 0.2) is 23.1 Å². The number of carbonyl (C=O) groups excluding carboxylic acids is 1. The van der Waals surface area contributed by atoms with Crippen molar-refractivity contribution < 1.29 is 14.3 Å². The zero-order valence-corrected chi connectivity index (χ0v) is 14.6. The lowest BCUT2D eigenvalue weighted by molar-refractivity contribution is -0.121. The molecule has 0 spiro atoms. The Bertz CT molecular complexity index is 524. The maximum atomic E-state index is 11.9. The molecule has 128 valence electrons. The van der Waals surface area contributed by atoms with E-state index in [0.717, 1.165) is 48.1 Å². The average molecular weight is 359 g/mol. The Morgan fingerprint density at radius 2 is 2.13 bits per heavy atom. The van der Waals surface area contributed by atoms with Crippen molar-refractivity contribution in [3.63, 3.8) is 0 Å². The molecule has 1 atom stereocenters. The summed E-state index contributed by atoms with van der Waals surface area (Å²) in [4.78, 5) is 13.0. The molecule has 1 amide bonds. The van der Waals surface area contributed by atoms with Gasteiger partial charge in [0.05, 0.1) is 13.2 Å². The largest absolute Gasteiger partial charge is 0.490 e. The standard InChI is InChI=1S/C16H22N2O3S.ClH/c19-16(18-12-4-6-17-11-12)5-9-22-13-2-3-14-15(10-13)21-8-1-7-20-14;/h2-3,10,12,17H,1,4-9,11H2,(H,18,19);1H. The second-order valence-electron chi connectivity index (χ2n) is 5.51. The molecule has 7 heteroatoms. The van der Waals surface area contributed by atoms with Gasteiger partial charge in [-0.25, -0.2) is 0 Å². The number of halogens is 1. The number of hydrogen-bond donors (Lipinski definition) is 2. The minimum Gasteiger partial charge on any atom is -0.490 e. The Morgan fingerprint density at radius 3 is 2.91 bits per heavy atom. The first-order valence-corrected chi connectivity index (χ1v) is 8.82. The first kappa shape index (κ1) is 18.2. The second-order valence-corrected chi connectivity index (χ2v) is 6.68. The third kappa shape index (κ3) is 5.48. The van der Waals surface area contributed by atoms with E-state index in [0.29, 0.717) is 25.7 Å². The highest BCUT2D eigenvalue weighted by atomic mass is 35.5. The monoisotopic (exact) mass is 358 g/mol. The van der Waals surface area contributed by atoms with Gasteiger partial charge in [-0.2, -0.15) is 0 Å². The molecule has 0 aromatic heterocycles. The lowest BCUT2D eigenvalue weighted by Gasteiger charge is -2.11. The SMILES string of the molecule is Cl.O=C(CCSc1ccc2c(c1)OCCCO2)NC1CCNC1. The van der Waals surface area contributed by atoms with Crippen LogP contribution in [0, 0.1) is 0 Å². The summed E-state index contributed by atoms with van der Waals surface area (Å²) >= 11 is 1.67. The molecule has 1 aromatic carbocycles. The Balaban J connectivity index is 0.00000192. The van der Waals surface area contributed by atoms with Crippen LogP contribution in [0.1, 0.15) is 19.3 Å². The van der Waals surface area contributed by atoms with Gasteiger partial charge in [-0.05, 0) is 31.2 Å². The van der Waals surface area contributed by atoms with Gasteiger partial charge >= 0.3 is 0 Å². The molecule has 2 aliphatic heterocycles. The van der Waals surface area contributed by atoms with E-state index in [4.69, 9.17) is 9.47 Å². The van der Waals surface area contributed by atoms with Gasteiger partial charge in [-0.15, -0.1) is 24.2 Å². The minimum atomic E-state index is 0. The Kier molecular flexibility index (Phi) is 7.33. The normalized spacial score (nSPS) is 19.6. The van der Waals surface area contributed by atoms with Crippen LogP contribution < -0.4 is 20.1 Å². The molecule has 1 saturated heterocycles. The lowest BCUT2D eigenvalue weighted by Crippen LogP contribution is -2.36. The highest BCUT2D eigenvalue weighted by Gasteiger charge is 2.16. The van der Waals surface area contributed by atoms with E-state index < -0.39 is 0 Å². The van der Waals surface area contributed by atoms with Crippen LogP contribution in [-0.4, -0.2) is 44.0 Å². The number of amides is 1. The topological polar surface area (TPSA) is 59.6 Å². The van der Waals surface area contributed by atoms with Crippen molar-refractivity contribution in [3.05, 3.63) is 18.2 Å². The molecule has 1 fully saturated rings. The molecule has 1 unspecified atom stereocenters. The minimum absolute atomic E-state index is 0. The molecule has 0 radical (unpaired) electrons. The van der Waals surface area contributed by atoms with Gasteiger partial charge < -0.3 is 20.1 Å². The van der Waals surface area contributed by atoms with Crippen LogP contribution in [0.5, 0.6) is 11.5 Å². The highest BCUT2D eigenvalue weighted by molar-refractivity contribution is 7.99. The fourth-order valence-corrected chi connectivity index (χ4v) is 3.45. The number of hydrogen-bond acceptors (Lipinski definition) is 5. The summed E-state index contributed by atoms with van der Waals surface area (Å²) < 4.78 is 11.3. The summed E-state index contributed by atoms with van der Waals surface area (Å²) in [5.74, 6) is 2.53. The fourth-order valence-electron chi connectivity index (χ4n) is 2.57. The number of carbonyl (C=O) groups is 1. The van der Waals surface area contributed by atoms with Gasteiger partial charge in [0, 0.05) is 36.1 Å². The first-order chi connectivity index (χ1) is 10.8. The maximum Gasteiger partial charge on any atom is 0.221 e. The highest BCUT2D eigenvalue weighted by Crippen LogP contribution is 2.33. The van der Waals surface area contributed by atoms with E-state index in [2.05, 4.69) is 10.6 Å². The molecular formula is C16H23ClN2O3S. The van der Waals surface area contributed by atoms with Crippen LogP contribution in [-0.2, 0) is 4.79 Å². The van der Waals surface area contributed by atoms with Crippen molar-refractivity contribution in [1.29, 1.82) is 0 Å². The van der Waals surface area contributed by atoms with Crippen molar-refractivity contribution >= 4 is 30.1 Å². The zero-order chi connectivity index (χ0) is 15.2. The third-order valence-corrected chi connectivity index (χ3v) is 4.74. The third-order valence-electron chi connectivity index (χ3n) is 3.74. The predicted molar refractivity (Wildman–Crippen MR) is 94.1 cm³/mol. The molecule has 0 aliphatic carbocycles. The quantitative estimate of drug-likeness (QED) is 0.790. The molecule has 2 aliphatic rings. The first-order valence-electron chi connectivity index (χ1n) is 7.84. The van der Waals surface area contributed by atoms with Gasteiger partial charge in [-0.1, -0.05) is 0 Å². The molecular weight excluding hydrogens is 336 g/mol. The van der Waals surface area contributed by atoms with Crippen molar-refractivity contribution in [2.75, 3.05) is 32.1 Å². The number of thioether (sulfide) groups is 1. The van der Waals surface area contributed by atoms with E-state index in [1.54, 1.807) is 11.8 Å². The van der Waals surface area contributed by atoms with Gasteiger partial charge in [0.2, 0.25) is 5.91 Å². The Hall–Kier alpha value is -1.11. The number of rotatable bonds is 5.